The van der Waals surface area contributed by atoms with E-state index in [2.05, 4.69) is 4.98 Å². The molecule has 1 atom stereocenters. The fourth-order valence-electron chi connectivity index (χ4n) is 2.91. The second-order valence-electron chi connectivity index (χ2n) is 5.99. The molecule has 128 valence electrons. The molecule has 6 heteroatoms. The molecule has 2 heterocycles. The average molecular weight is 346 g/mol. The Hall–Kier alpha value is -2.08. The number of amides is 1. The summed E-state index contributed by atoms with van der Waals surface area (Å²) in [5.41, 5.74) is 0. The zero-order valence-corrected chi connectivity index (χ0v) is 14.8. The number of likely N-dealkylation sites (tertiary alicyclic amines) is 1. The minimum Gasteiger partial charge on any atom is -0.497 e. The van der Waals surface area contributed by atoms with Gasteiger partial charge in [0, 0.05) is 25.1 Å². The highest BCUT2D eigenvalue weighted by Crippen LogP contribution is 2.23. The first-order valence-electron chi connectivity index (χ1n) is 8.14. The molecule has 1 saturated heterocycles. The van der Waals surface area contributed by atoms with Crippen LogP contribution in [0.3, 0.4) is 0 Å². The maximum atomic E-state index is 12.6. The van der Waals surface area contributed by atoms with Crippen LogP contribution in [-0.4, -0.2) is 42.6 Å². The van der Waals surface area contributed by atoms with Gasteiger partial charge < -0.3 is 14.4 Å². The highest BCUT2D eigenvalue weighted by Gasteiger charge is 2.26. The van der Waals surface area contributed by atoms with Crippen molar-refractivity contribution in [1.29, 1.82) is 0 Å². The summed E-state index contributed by atoms with van der Waals surface area (Å²) in [6.07, 6.45) is 3.77. The van der Waals surface area contributed by atoms with E-state index < -0.39 is 0 Å². The Morgan fingerprint density at radius 2 is 2.25 bits per heavy atom. The Bertz CT molecular complexity index is 701. The highest BCUT2D eigenvalue weighted by molar-refractivity contribution is 7.13. The minimum atomic E-state index is 0.0895. The number of piperidine rings is 1. The van der Waals surface area contributed by atoms with Crippen LogP contribution in [0.5, 0.6) is 11.5 Å². The van der Waals surface area contributed by atoms with Crippen LogP contribution in [-0.2, 0) is 0 Å². The number of nitrogens with zero attached hydrogens (tertiary/aromatic N) is 2. The second kappa shape index (κ2) is 7.66. The van der Waals surface area contributed by atoms with Gasteiger partial charge in [0.1, 0.15) is 16.4 Å². The second-order valence-corrected chi connectivity index (χ2v) is 7.23. The van der Waals surface area contributed by atoms with E-state index in [9.17, 15) is 4.79 Å². The lowest BCUT2D eigenvalue weighted by Gasteiger charge is -2.32. The molecule has 1 fully saturated rings. The molecule has 3 rings (SSSR count). The third-order valence-electron chi connectivity index (χ3n) is 4.17. The van der Waals surface area contributed by atoms with Crippen LogP contribution in [0, 0.1) is 12.8 Å². The fourth-order valence-corrected chi connectivity index (χ4v) is 3.65. The third-order valence-corrected chi connectivity index (χ3v) is 5.07. The molecule has 0 radical (unpaired) electrons. The van der Waals surface area contributed by atoms with Crippen LogP contribution in [0.15, 0.2) is 30.5 Å². The largest absolute Gasteiger partial charge is 0.497 e. The lowest BCUT2D eigenvalue weighted by Crippen LogP contribution is -2.41. The summed E-state index contributed by atoms with van der Waals surface area (Å²) in [5, 5.41) is 0.924. The molecule has 1 aliphatic heterocycles. The molecule has 0 aliphatic carbocycles. The molecular weight excluding hydrogens is 324 g/mol. The number of benzene rings is 1. The zero-order chi connectivity index (χ0) is 16.9. The number of ether oxygens (including phenoxy) is 2. The van der Waals surface area contributed by atoms with Crippen LogP contribution >= 0.6 is 11.3 Å². The van der Waals surface area contributed by atoms with Crippen molar-refractivity contribution in [3.63, 3.8) is 0 Å². The summed E-state index contributed by atoms with van der Waals surface area (Å²) in [6, 6.07) is 7.61. The van der Waals surface area contributed by atoms with Gasteiger partial charge in [0.2, 0.25) is 0 Å². The molecule has 0 unspecified atom stereocenters. The predicted molar refractivity (Wildman–Crippen MR) is 94.0 cm³/mol. The smallest absolute Gasteiger partial charge is 0.265 e. The zero-order valence-electron chi connectivity index (χ0n) is 14.0. The van der Waals surface area contributed by atoms with E-state index in [0.29, 0.717) is 12.5 Å². The summed E-state index contributed by atoms with van der Waals surface area (Å²) in [5.74, 6) is 2.03. The van der Waals surface area contributed by atoms with Crippen molar-refractivity contribution in [1.82, 2.24) is 9.88 Å². The number of hydrogen-bond acceptors (Lipinski definition) is 5. The number of aromatic nitrogens is 1. The molecule has 1 aromatic heterocycles. The van der Waals surface area contributed by atoms with Gasteiger partial charge in [0.15, 0.2) is 0 Å². The number of methoxy groups -OCH3 is 1. The predicted octanol–water partition coefficient (Wildman–Crippen LogP) is 3.39. The lowest BCUT2D eigenvalue weighted by molar-refractivity contribution is 0.0638. The molecule has 0 saturated carbocycles. The van der Waals surface area contributed by atoms with Crippen molar-refractivity contribution in [3.8, 4) is 11.5 Å². The summed E-state index contributed by atoms with van der Waals surface area (Å²) in [7, 11) is 1.64. The molecule has 0 N–H and O–H groups in total. The Kier molecular flexibility index (Phi) is 5.35. The molecule has 0 bridgehead atoms. The molecule has 1 aromatic carbocycles. The first-order chi connectivity index (χ1) is 11.7. The molecular formula is C18H22N2O3S. The summed E-state index contributed by atoms with van der Waals surface area (Å²) in [6.45, 7) is 4.08. The van der Waals surface area contributed by atoms with Gasteiger partial charge >= 0.3 is 0 Å². The van der Waals surface area contributed by atoms with Gasteiger partial charge in [-0.05, 0) is 31.9 Å². The van der Waals surface area contributed by atoms with Crippen molar-refractivity contribution in [3.05, 3.63) is 40.3 Å². The first-order valence-corrected chi connectivity index (χ1v) is 8.96. The number of hydrogen-bond donors (Lipinski definition) is 0. The van der Waals surface area contributed by atoms with E-state index >= 15 is 0 Å². The van der Waals surface area contributed by atoms with Crippen molar-refractivity contribution in [2.45, 2.75) is 19.8 Å². The maximum Gasteiger partial charge on any atom is 0.265 e. The van der Waals surface area contributed by atoms with Gasteiger partial charge in [-0.1, -0.05) is 6.07 Å². The van der Waals surface area contributed by atoms with Crippen LogP contribution in [0.1, 0.15) is 27.5 Å². The summed E-state index contributed by atoms with van der Waals surface area (Å²) >= 11 is 1.46. The van der Waals surface area contributed by atoms with Crippen molar-refractivity contribution >= 4 is 17.2 Å². The number of thiazole rings is 1. The highest BCUT2D eigenvalue weighted by atomic mass is 32.1. The van der Waals surface area contributed by atoms with Crippen molar-refractivity contribution in [2.75, 3.05) is 26.8 Å². The fraction of sp³-hybridized carbons (Fsp3) is 0.444. The van der Waals surface area contributed by atoms with E-state index in [0.717, 1.165) is 47.3 Å². The van der Waals surface area contributed by atoms with Gasteiger partial charge in [-0.25, -0.2) is 4.98 Å². The van der Waals surface area contributed by atoms with Gasteiger partial charge in [-0.2, -0.15) is 0 Å². The van der Waals surface area contributed by atoms with E-state index in [-0.39, 0.29) is 5.91 Å². The van der Waals surface area contributed by atoms with E-state index in [4.69, 9.17) is 9.47 Å². The van der Waals surface area contributed by atoms with Crippen LogP contribution < -0.4 is 9.47 Å². The third kappa shape index (κ3) is 4.06. The van der Waals surface area contributed by atoms with Gasteiger partial charge in [0.05, 0.1) is 24.9 Å². The summed E-state index contributed by atoms with van der Waals surface area (Å²) < 4.78 is 11.1. The monoisotopic (exact) mass is 346 g/mol. The van der Waals surface area contributed by atoms with Gasteiger partial charge in [-0.3, -0.25) is 4.79 Å². The Labute approximate surface area is 146 Å². The van der Waals surface area contributed by atoms with Crippen LogP contribution in [0.4, 0.5) is 0 Å². The molecule has 5 nitrogen and oxygen atoms in total. The number of aryl methyl sites for hydroxylation is 1. The Morgan fingerprint density at radius 1 is 1.42 bits per heavy atom. The van der Waals surface area contributed by atoms with E-state index in [1.165, 1.54) is 11.3 Å². The summed E-state index contributed by atoms with van der Waals surface area (Å²) in [4.78, 5) is 19.4. The molecule has 1 amide bonds. The normalized spacial score (nSPS) is 17.6. The Morgan fingerprint density at radius 3 is 3.00 bits per heavy atom. The maximum absolute atomic E-state index is 12.6. The molecule has 0 spiro atoms. The quantitative estimate of drug-likeness (QED) is 0.833. The number of carbonyl (C=O) groups is 1. The molecule has 1 aliphatic rings. The van der Waals surface area contributed by atoms with Crippen molar-refractivity contribution in [2.24, 2.45) is 5.92 Å². The number of carbonyl (C=O) groups excluding carboxylic acids is 1. The van der Waals surface area contributed by atoms with E-state index in [1.54, 1.807) is 13.3 Å². The van der Waals surface area contributed by atoms with Gasteiger partial charge in [0.25, 0.3) is 5.91 Å². The van der Waals surface area contributed by atoms with Crippen molar-refractivity contribution < 1.29 is 14.3 Å². The van der Waals surface area contributed by atoms with Crippen LogP contribution in [0.2, 0.25) is 0 Å². The topological polar surface area (TPSA) is 51.7 Å². The Balaban J connectivity index is 1.56. The van der Waals surface area contributed by atoms with Gasteiger partial charge in [-0.15, -0.1) is 11.3 Å². The van der Waals surface area contributed by atoms with E-state index in [1.807, 2.05) is 36.1 Å². The lowest BCUT2D eigenvalue weighted by atomic mass is 9.99. The SMILES string of the molecule is COc1cccc(OC[C@H]2CCCN(C(=O)c3cnc(C)s3)C2)c1. The molecule has 2 aromatic rings. The standard InChI is InChI=1S/C18H22N2O3S/c1-13-19-10-17(24-13)18(21)20-8-4-5-14(11-20)12-23-16-7-3-6-15(9-16)22-2/h3,6-7,9-10,14H,4-5,8,11-12H2,1-2H3/t14-/m0/s1. The minimum absolute atomic E-state index is 0.0895. The first kappa shape index (κ1) is 16.8. The average Bonchev–Trinajstić information content (AvgIpc) is 3.06. The van der Waals surface area contributed by atoms with Crippen LogP contribution in [0.25, 0.3) is 0 Å². The number of rotatable bonds is 5. The molecule has 24 heavy (non-hydrogen) atoms.